The fourth-order valence-corrected chi connectivity index (χ4v) is 3.01. The summed E-state index contributed by atoms with van der Waals surface area (Å²) in [6.07, 6.45) is 6.23. The summed E-state index contributed by atoms with van der Waals surface area (Å²) in [4.78, 5) is 18.3. The average molecular weight is 339 g/mol. The number of amides is 1. The number of likely N-dealkylation sites (tertiary alicyclic amines) is 1. The van der Waals surface area contributed by atoms with Gasteiger partial charge in [-0.25, -0.2) is 0 Å². The second-order valence-electron chi connectivity index (χ2n) is 6.38. The molecule has 0 aliphatic carbocycles. The lowest BCUT2D eigenvalue weighted by molar-refractivity contribution is -0.116. The number of ether oxygens (including phenoxy) is 1. The Bertz CT molecular complexity index is 641. The lowest BCUT2D eigenvalue weighted by Gasteiger charge is -2.31. The number of rotatable bonds is 7. The zero-order valence-electron chi connectivity index (χ0n) is 14.4. The molecule has 0 bridgehead atoms. The Morgan fingerprint density at radius 2 is 1.96 bits per heavy atom. The van der Waals surface area contributed by atoms with Crippen LogP contribution < -0.4 is 5.32 Å². The molecule has 132 valence electrons. The van der Waals surface area contributed by atoms with Crippen molar-refractivity contribution in [2.45, 2.75) is 32.0 Å². The van der Waals surface area contributed by atoms with Crippen LogP contribution in [0.15, 0.2) is 54.9 Å². The first-order valence-corrected chi connectivity index (χ1v) is 8.87. The van der Waals surface area contributed by atoms with Gasteiger partial charge in [0.2, 0.25) is 5.91 Å². The molecule has 2 aromatic rings. The van der Waals surface area contributed by atoms with Crippen LogP contribution >= 0.6 is 0 Å². The van der Waals surface area contributed by atoms with E-state index in [1.54, 1.807) is 12.4 Å². The fourth-order valence-electron chi connectivity index (χ4n) is 3.01. The van der Waals surface area contributed by atoms with Gasteiger partial charge in [0, 0.05) is 32.3 Å². The van der Waals surface area contributed by atoms with E-state index in [1.807, 2.05) is 30.3 Å². The van der Waals surface area contributed by atoms with Gasteiger partial charge in [-0.15, -0.1) is 0 Å². The average Bonchev–Trinajstić information content (AvgIpc) is 2.67. The van der Waals surface area contributed by atoms with Crippen molar-refractivity contribution in [2.24, 2.45) is 0 Å². The highest BCUT2D eigenvalue weighted by Crippen LogP contribution is 2.16. The highest BCUT2D eigenvalue weighted by Gasteiger charge is 2.20. The van der Waals surface area contributed by atoms with Gasteiger partial charge in [-0.05, 0) is 30.5 Å². The predicted molar refractivity (Wildman–Crippen MR) is 98.2 cm³/mol. The fraction of sp³-hybridized carbons (Fsp3) is 0.400. The summed E-state index contributed by atoms with van der Waals surface area (Å²) in [5, 5.41) is 2.88. The molecule has 1 aliphatic rings. The number of hydrogen-bond acceptors (Lipinski definition) is 4. The molecule has 5 heteroatoms. The summed E-state index contributed by atoms with van der Waals surface area (Å²) in [6, 6.07) is 13.9. The minimum Gasteiger partial charge on any atom is -0.373 e. The molecule has 0 saturated carbocycles. The summed E-state index contributed by atoms with van der Waals surface area (Å²) in [6.45, 7) is 3.44. The van der Waals surface area contributed by atoms with Gasteiger partial charge in [0.25, 0.3) is 0 Å². The van der Waals surface area contributed by atoms with Gasteiger partial charge >= 0.3 is 0 Å². The summed E-state index contributed by atoms with van der Waals surface area (Å²) in [5.74, 6) is 0.0375. The molecule has 5 nitrogen and oxygen atoms in total. The molecule has 3 rings (SSSR count). The van der Waals surface area contributed by atoms with Crippen LogP contribution in [-0.2, 0) is 16.1 Å². The number of nitrogens with zero attached hydrogens (tertiary/aromatic N) is 2. The zero-order chi connectivity index (χ0) is 17.3. The Kier molecular flexibility index (Phi) is 6.54. The first kappa shape index (κ1) is 17.6. The molecule has 0 atom stereocenters. The first-order chi connectivity index (χ1) is 12.3. The molecule has 2 heterocycles. The van der Waals surface area contributed by atoms with E-state index in [9.17, 15) is 4.79 Å². The Morgan fingerprint density at radius 3 is 2.68 bits per heavy atom. The van der Waals surface area contributed by atoms with Crippen molar-refractivity contribution in [3.8, 4) is 0 Å². The van der Waals surface area contributed by atoms with Crippen molar-refractivity contribution in [1.29, 1.82) is 0 Å². The smallest absolute Gasteiger partial charge is 0.225 e. The molecule has 0 spiro atoms. The van der Waals surface area contributed by atoms with Crippen molar-refractivity contribution < 1.29 is 9.53 Å². The molecular weight excluding hydrogens is 314 g/mol. The molecule has 1 N–H and O–H groups in total. The third-order valence-corrected chi connectivity index (χ3v) is 4.46. The first-order valence-electron chi connectivity index (χ1n) is 8.87. The summed E-state index contributed by atoms with van der Waals surface area (Å²) in [7, 11) is 0. The van der Waals surface area contributed by atoms with Gasteiger partial charge in [-0.2, -0.15) is 0 Å². The number of aromatic nitrogens is 1. The van der Waals surface area contributed by atoms with Gasteiger partial charge in [0.1, 0.15) is 0 Å². The summed E-state index contributed by atoms with van der Waals surface area (Å²) >= 11 is 0. The molecule has 1 aromatic heterocycles. The van der Waals surface area contributed by atoms with Crippen molar-refractivity contribution in [3.63, 3.8) is 0 Å². The zero-order valence-corrected chi connectivity index (χ0v) is 14.4. The highest BCUT2D eigenvalue weighted by atomic mass is 16.5. The normalized spacial score (nSPS) is 15.8. The van der Waals surface area contributed by atoms with Crippen LogP contribution in [0.3, 0.4) is 0 Å². The summed E-state index contributed by atoms with van der Waals surface area (Å²) < 4.78 is 6.01. The number of carbonyl (C=O) groups excluding carboxylic acids is 1. The van der Waals surface area contributed by atoms with E-state index in [0.29, 0.717) is 19.1 Å². The monoisotopic (exact) mass is 339 g/mol. The number of anilines is 1. The van der Waals surface area contributed by atoms with Gasteiger partial charge in [0.05, 0.1) is 24.6 Å². The maximum Gasteiger partial charge on any atom is 0.225 e. The number of benzene rings is 1. The molecule has 0 radical (unpaired) electrons. The standard InChI is InChI=1S/C20H25N3O2/c24-20(22-18-7-4-11-21-15-18)10-14-23-12-8-19(9-13-23)25-16-17-5-2-1-3-6-17/h1-7,11,15,19H,8-10,12-14,16H2,(H,22,24). The number of hydrogen-bond donors (Lipinski definition) is 1. The Hall–Kier alpha value is -2.24. The molecule has 1 saturated heterocycles. The van der Waals surface area contributed by atoms with E-state index in [4.69, 9.17) is 4.74 Å². The van der Waals surface area contributed by atoms with Crippen LogP contribution in [0.25, 0.3) is 0 Å². The largest absolute Gasteiger partial charge is 0.373 e. The van der Waals surface area contributed by atoms with Crippen molar-refractivity contribution in [2.75, 3.05) is 25.0 Å². The molecule has 25 heavy (non-hydrogen) atoms. The lowest BCUT2D eigenvalue weighted by atomic mass is 10.1. The minimum absolute atomic E-state index is 0.0375. The Labute approximate surface area is 149 Å². The van der Waals surface area contributed by atoms with Gasteiger partial charge < -0.3 is 15.0 Å². The van der Waals surface area contributed by atoms with Crippen LogP contribution in [-0.4, -0.2) is 41.5 Å². The van der Waals surface area contributed by atoms with Crippen LogP contribution in [0.4, 0.5) is 5.69 Å². The third kappa shape index (κ3) is 5.96. The summed E-state index contributed by atoms with van der Waals surface area (Å²) in [5.41, 5.74) is 1.97. The number of piperidine rings is 1. The SMILES string of the molecule is O=C(CCN1CCC(OCc2ccccc2)CC1)Nc1cccnc1. The molecule has 1 aliphatic heterocycles. The number of nitrogens with one attached hydrogen (secondary N) is 1. The van der Waals surface area contributed by atoms with Gasteiger partial charge in [0.15, 0.2) is 0 Å². The predicted octanol–water partition coefficient (Wildman–Crippen LogP) is 3.09. The van der Waals surface area contributed by atoms with E-state index >= 15 is 0 Å². The minimum atomic E-state index is 0.0375. The number of carbonyl (C=O) groups is 1. The second-order valence-corrected chi connectivity index (χ2v) is 6.38. The molecule has 1 fully saturated rings. The van der Waals surface area contributed by atoms with E-state index < -0.39 is 0 Å². The van der Waals surface area contributed by atoms with E-state index in [2.05, 4.69) is 27.3 Å². The second kappa shape index (κ2) is 9.30. The molecule has 1 aromatic carbocycles. The molecular formula is C20H25N3O2. The quantitative estimate of drug-likeness (QED) is 0.842. The molecule has 0 unspecified atom stereocenters. The van der Waals surface area contributed by atoms with E-state index in [-0.39, 0.29) is 5.91 Å². The third-order valence-electron chi connectivity index (χ3n) is 4.46. The Morgan fingerprint density at radius 1 is 1.16 bits per heavy atom. The van der Waals surface area contributed by atoms with Crippen LogP contribution in [0.5, 0.6) is 0 Å². The van der Waals surface area contributed by atoms with Crippen LogP contribution in [0.2, 0.25) is 0 Å². The van der Waals surface area contributed by atoms with Crippen molar-refractivity contribution in [1.82, 2.24) is 9.88 Å². The molecule has 1 amide bonds. The van der Waals surface area contributed by atoms with E-state index in [1.165, 1.54) is 5.56 Å². The van der Waals surface area contributed by atoms with Crippen molar-refractivity contribution in [3.05, 3.63) is 60.4 Å². The van der Waals surface area contributed by atoms with Gasteiger partial charge in [-0.1, -0.05) is 30.3 Å². The topological polar surface area (TPSA) is 54.5 Å². The lowest BCUT2D eigenvalue weighted by Crippen LogP contribution is -2.38. The van der Waals surface area contributed by atoms with Crippen molar-refractivity contribution >= 4 is 11.6 Å². The number of pyridine rings is 1. The van der Waals surface area contributed by atoms with E-state index in [0.717, 1.165) is 38.2 Å². The van der Waals surface area contributed by atoms with Crippen LogP contribution in [0, 0.1) is 0 Å². The Balaban J connectivity index is 1.32. The van der Waals surface area contributed by atoms with Crippen LogP contribution in [0.1, 0.15) is 24.8 Å². The highest BCUT2D eigenvalue weighted by molar-refractivity contribution is 5.90. The maximum atomic E-state index is 12.0. The van der Waals surface area contributed by atoms with Gasteiger partial charge in [-0.3, -0.25) is 9.78 Å². The maximum absolute atomic E-state index is 12.0.